The molecule has 0 aliphatic rings. The summed E-state index contributed by atoms with van der Waals surface area (Å²) in [7, 11) is 0. The minimum atomic E-state index is -0.0202. The molecule has 0 atom stereocenters. The SMILES string of the molecule is CC(=O)c1ccnn1-c1ccccn1. The highest BCUT2D eigenvalue weighted by molar-refractivity contribution is 5.92. The molecule has 0 spiro atoms. The first-order chi connectivity index (χ1) is 6.79. The Labute approximate surface area is 81.2 Å². The second kappa shape index (κ2) is 3.41. The molecule has 0 radical (unpaired) electrons. The van der Waals surface area contributed by atoms with Crippen LogP contribution in [0.5, 0.6) is 0 Å². The smallest absolute Gasteiger partial charge is 0.178 e. The zero-order valence-electron chi connectivity index (χ0n) is 7.71. The van der Waals surface area contributed by atoms with E-state index in [0.29, 0.717) is 11.5 Å². The number of carbonyl (C=O) groups is 1. The van der Waals surface area contributed by atoms with Crippen LogP contribution in [0.4, 0.5) is 0 Å². The number of hydrogen-bond acceptors (Lipinski definition) is 3. The van der Waals surface area contributed by atoms with Gasteiger partial charge in [-0.3, -0.25) is 4.79 Å². The van der Waals surface area contributed by atoms with Gasteiger partial charge in [0, 0.05) is 13.1 Å². The van der Waals surface area contributed by atoms with Crippen molar-refractivity contribution in [2.24, 2.45) is 0 Å². The van der Waals surface area contributed by atoms with E-state index in [1.807, 2.05) is 12.1 Å². The van der Waals surface area contributed by atoms with Gasteiger partial charge in [0.15, 0.2) is 11.6 Å². The van der Waals surface area contributed by atoms with Gasteiger partial charge in [0.2, 0.25) is 0 Å². The molecule has 0 saturated carbocycles. The van der Waals surface area contributed by atoms with E-state index in [1.165, 1.54) is 11.6 Å². The van der Waals surface area contributed by atoms with Gasteiger partial charge < -0.3 is 0 Å². The monoisotopic (exact) mass is 187 g/mol. The molecule has 0 aliphatic heterocycles. The molecule has 2 rings (SSSR count). The summed E-state index contributed by atoms with van der Waals surface area (Å²) >= 11 is 0. The zero-order valence-corrected chi connectivity index (χ0v) is 7.71. The Morgan fingerprint density at radius 1 is 1.29 bits per heavy atom. The van der Waals surface area contributed by atoms with Crippen LogP contribution in [0.3, 0.4) is 0 Å². The molecule has 0 amide bonds. The summed E-state index contributed by atoms with van der Waals surface area (Å²) in [5.74, 6) is 0.635. The topological polar surface area (TPSA) is 47.8 Å². The third-order valence-electron chi connectivity index (χ3n) is 1.87. The van der Waals surface area contributed by atoms with Gasteiger partial charge in [-0.05, 0) is 18.2 Å². The Morgan fingerprint density at radius 3 is 2.79 bits per heavy atom. The molecular weight excluding hydrogens is 178 g/mol. The molecule has 14 heavy (non-hydrogen) atoms. The van der Waals surface area contributed by atoms with Crippen LogP contribution in [0.2, 0.25) is 0 Å². The minimum absolute atomic E-state index is 0.0202. The lowest BCUT2D eigenvalue weighted by atomic mass is 10.3. The molecule has 0 fully saturated rings. The van der Waals surface area contributed by atoms with Crippen LogP contribution in [0.1, 0.15) is 17.4 Å². The van der Waals surface area contributed by atoms with Gasteiger partial charge in [0.05, 0.1) is 6.20 Å². The van der Waals surface area contributed by atoms with Crippen LogP contribution in [0.15, 0.2) is 36.7 Å². The van der Waals surface area contributed by atoms with Crippen molar-refractivity contribution < 1.29 is 4.79 Å². The van der Waals surface area contributed by atoms with E-state index in [-0.39, 0.29) is 5.78 Å². The van der Waals surface area contributed by atoms with E-state index in [4.69, 9.17) is 0 Å². The van der Waals surface area contributed by atoms with Gasteiger partial charge in [0.1, 0.15) is 5.69 Å². The summed E-state index contributed by atoms with van der Waals surface area (Å²) in [6.07, 6.45) is 3.26. The maximum atomic E-state index is 11.2. The van der Waals surface area contributed by atoms with Crippen molar-refractivity contribution in [3.8, 4) is 5.82 Å². The number of aromatic nitrogens is 3. The van der Waals surface area contributed by atoms with Gasteiger partial charge in [-0.2, -0.15) is 5.10 Å². The predicted octanol–water partition coefficient (Wildman–Crippen LogP) is 1.47. The molecule has 0 aromatic carbocycles. The van der Waals surface area contributed by atoms with E-state index < -0.39 is 0 Å². The third kappa shape index (κ3) is 1.42. The standard InChI is InChI=1S/C10H9N3O/c1-8(14)9-5-7-12-13(9)10-4-2-3-6-11-10/h2-7H,1H3. The fraction of sp³-hybridized carbons (Fsp3) is 0.100. The quantitative estimate of drug-likeness (QED) is 0.669. The summed E-state index contributed by atoms with van der Waals surface area (Å²) in [5.41, 5.74) is 0.545. The van der Waals surface area contributed by atoms with Crippen molar-refractivity contribution in [2.45, 2.75) is 6.92 Å². The van der Waals surface area contributed by atoms with E-state index in [0.717, 1.165) is 0 Å². The van der Waals surface area contributed by atoms with Crippen LogP contribution in [0.25, 0.3) is 5.82 Å². The maximum absolute atomic E-state index is 11.2. The average Bonchev–Trinajstić information content (AvgIpc) is 2.67. The van der Waals surface area contributed by atoms with Gasteiger partial charge in [-0.25, -0.2) is 9.67 Å². The number of nitrogens with zero attached hydrogens (tertiary/aromatic N) is 3. The molecule has 2 heterocycles. The number of Topliss-reactive ketones (excluding diaryl/α,β-unsaturated/α-hetero) is 1. The molecule has 0 bridgehead atoms. The highest BCUT2D eigenvalue weighted by Gasteiger charge is 2.08. The summed E-state index contributed by atoms with van der Waals surface area (Å²) in [5, 5.41) is 4.04. The normalized spacial score (nSPS) is 10.1. The van der Waals surface area contributed by atoms with Crippen LogP contribution in [-0.4, -0.2) is 20.5 Å². The maximum Gasteiger partial charge on any atom is 0.178 e. The number of carbonyl (C=O) groups excluding carboxylic acids is 1. The summed E-state index contributed by atoms with van der Waals surface area (Å²) < 4.78 is 1.53. The fourth-order valence-electron chi connectivity index (χ4n) is 1.23. The fourth-order valence-corrected chi connectivity index (χ4v) is 1.23. The second-order valence-electron chi connectivity index (χ2n) is 2.87. The molecule has 2 aromatic heterocycles. The number of hydrogen-bond donors (Lipinski definition) is 0. The second-order valence-corrected chi connectivity index (χ2v) is 2.87. The Bertz CT molecular complexity index is 447. The Hall–Kier alpha value is -1.97. The first-order valence-electron chi connectivity index (χ1n) is 4.25. The van der Waals surface area contributed by atoms with Crippen LogP contribution in [-0.2, 0) is 0 Å². The molecule has 4 heteroatoms. The lowest BCUT2D eigenvalue weighted by Crippen LogP contribution is -2.07. The molecule has 70 valence electrons. The molecular formula is C10H9N3O. The first kappa shape index (κ1) is 8.62. The third-order valence-corrected chi connectivity index (χ3v) is 1.87. The predicted molar refractivity (Wildman–Crippen MR) is 51.4 cm³/mol. The van der Waals surface area contributed by atoms with E-state index in [1.54, 1.807) is 24.5 Å². The van der Waals surface area contributed by atoms with E-state index in [9.17, 15) is 4.79 Å². The summed E-state index contributed by atoms with van der Waals surface area (Å²) in [6, 6.07) is 7.16. The molecule has 0 N–H and O–H groups in total. The molecule has 0 saturated heterocycles. The van der Waals surface area contributed by atoms with Gasteiger partial charge >= 0.3 is 0 Å². The molecule has 0 aliphatic carbocycles. The Balaban J connectivity index is 2.52. The van der Waals surface area contributed by atoms with Gasteiger partial charge in [0.25, 0.3) is 0 Å². The Kier molecular flexibility index (Phi) is 2.10. The van der Waals surface area contributed by atoms with Gasteiger partial charge in [-0.1, -0.05) is 6.07 Å². The number of rotatable bonds is 2. The summed E-state index contributed by atoms with van der Waals surface area (Å²) in [4.78, 5) is 15.3. The Morgan fingerprint density at radius 2 is 2.14 bits per heavy atom. The molecule has 0 unspecified atom stereocenters. The van der Waals surface area contributed by atoms with Crippen molar-refractivity contribution >= 4 is 5.78 Å². The van der Waals surface area contributed by atoms with E-state index >= 15 is 0 Å². The molecule has 2 aromatic rings. The van der Waals surface area contributed by atoms with Crippen LogP contribution < -0.4 is 0 Å². The first-order valence-corrected chi connectivity index (χ1v) is 4.25. The average molecular weight is 187 g/mol. The highest BCUT2D eigenvalue weighted by Crippen LogP contribution is 2.07. The molecule has 4 nitrogen and oxygen atoms in total. The van der Waals surface area contributed by atoms with Gasteiger partial charge in [-0.15, -0.1) is 0 Å². The number of pyridine rings is 1. The van der Waals surface area contributed by atoms with Crippen molar-refractivity contribution in [1.29, 1.82) is 0 Å². The number of ketones is 1. The van der Waals surface area contributed by atoms with Crippen LogP contribution >= 0.6 is 0 Å². The van der Waals surface area contributed by atoms with Crippen molar-refractivity contribution in [1.82, 2.24) is 14.8 Å². The minimum Gasteiger partial charge on any atom is -0.293 e. The lowest BCUT2D eigenvalue weighted by molar-refractivity contribution is 0.101. The largest absolute Gasteiger partial charge is 0.293 e. The van der Waals surface area contributed by atoms with Crippen LogP contribution in [0, 0.1) is 0 Å². The van der Waals surface area contributed by atoms with E-state index in [2.05, 4.69) is 10.1 Å². The highest BCUT2D eigenvalue weighted by atomic mass is 16.1. The zero-order chi connectivity index (χ0) is 9.97. The van der Waals surface area contributed by atoms with Crippen molar-refractivity contribution in [3.05, 3.63) is 42.4 Å². The van der Waals surface area contributed by atoms with Crippen molar-refractivity contribution in [2.75, 3.05) is 0 Å². The van der Waals surface area contributed by atoms with Crippen molar-refractivity contribution in [3.63, 3.8) is 0 Å². The lowest BCUT2D eigenvalue weighted by Gasteiger charge is -2.02. The summed E-state index contributed by atoms with van der Waals surface area (Å²) in [6.45, 7) is 1.51.